The minimum atomic E-state index is -0.424. The summed E-state index contributed by atoms with van der Waals surface area (Å²) in [5, 5.41) is 1.15. The van der Waals surface area contributed by atoms with Crippen molar-refractivity contribution in [2.24, 2.45) is 0 Å². The molecule has 1 aliphatic rings. The summed E-state index contributed by atoms with van der Waals surface area (Å²) in [6.07, 6.45) is 0. The van der Waals surface area contributed by atoms with E-state index < -0.39 is 5.91 Å². The molecule has 3 rings (SSSR count). The van der Waals surface area contributed by atoms with Crippen LogP contribution in [0.4, 0.5) is 5.69 Å². The zero-order chi connectivity index (χ0) is 22.5. The van der Waals surface area contributed by atoms with Crippen molar-refractivity contribution in [3.05, 3.63) is 63.1 Å². The molecule has 3 amide bonds. The van der Waals surface area contributed by atoms with E-state index in [2.05, 4.69) is 0 Å². The highest BCUT2D eigenvalue weighted by Gasteiger charge is 2.33. The number of carbonyl (C=O) groups excluding carboxylic acids is 3. The van der Waals surface area contributed by atoms with Crippen LogP contribution in [0.5, 0.6) is 0 Å². The lowest BCUT2D eigenvalue weighted by molar-refractivity contribution is -0.132. The minimum Gasteiger partial charge on any atom is -0.383 e. The molecule has 0 N–H and O–H groups in total. The van der Waals surface area contributed by atoms with Gasteiger partial charge in [-0.05, 0) is 42.5 Å². The predicted molar refractivity (Wildman–Crippen MR) is 120 cm³/mol. The maximum Gasteiger partial charge on any atom is 0.255 e. The Morgan fingerprint density at radius 2 is 1.74 bits per heavy atom. The quantitative estimate of drug-likeness (QED) is 0.602. The van der Waals surface area contributed by atoms with Crippen LogP contribution < -0.4 is 4.90 Å². The first kappa shape index (κ1) is 23.3. The number of amides is 3. The van der Waals surface area contributed by atoms with Crippen molar-refractivity contribution in [3.63, 3.8) is 0 Å². The number of carbonyl (C=O) groups is 3. The number of nitrogens with zero attached hydrogens (tertiary/aromatic N) is 3. The van der Waals surface area contributed by atoms with Gasteiger partial charge in [0, 0.05) is 29.4 Å². The maximum absolute atomic E-state index is 13.0. The monoisotopic (exact) mass is 483 g/mol. The van der Waals surface area contributed by atoms with Crippen LogP contribution in [0.3, 0.4) is 0 Å². The molecular formula is C21H20Cl3N3O4. The fourth-order valence-corrected chi connectivity index (χ4v) is 3.73. The normalized spacial score (nSPS) is 13.6. The van der Waals surface area contributed by atoms with Gasteiger partial charge in [0.15, 0.2) is 0 Å². The highest BCUT2D eigenvalue weighted by Crippen LogP contribution is 2.24. The Kier molecular flexibility index (Phi) is 7.78. The summed E-state index contributed by atoms with van der Waals surface area (Å²) in [4.78, 5) is 42.6. The summed E-state index contributed by atoms with van der Waals surface area (Å²) < 4.78 is 5.07. The van der Waals surface area contributed by atoms with Crippen LogP contribution in [0.1, 0.15) is 10.4 Å². The van der Waals surface area contributed by atoms with Gasteiger partial charge in [-0.15, -0.1) is 0 Å². The van der Waals surface area contributed by atoms with E-state index in [4.69, 9.17) is 39.5 Å². The SMILES string of the molecule is COCCN(CC(=O)N1CC(=O)N(c2ccc(Cl)cc2)C1)C(=O)c1ccc(Cl)cc1Cl. The number of methoxy groups -OCH3 is 1. The third-order valence-corrected chi connectivity index (χ3v) is 5.57. The Bertz CT molecular complexity index is 984. The van der Waals surface area contributed by atoms with E-state index in [1.54, 1.807) is 30.3 Å². The van der Waals surface area contributed by atoms with E-state index in [9.17, 15) is 14.4 Å². The van der Waals surface area contributed by atoms with E-state index >= 15 is 0 Å². The van der Waals surface area contributed by atoms with Gasteiger partial charge in [0.05, 0.1) is 17.2 Å². The van der Waals surface area contributed by atoms with Gasteiger partial charge in [0.25, 0.3) is 5.91 Å². The van der Waals surface area contributed by atoms with Crippen molar-refractivity contribution in [1.29, 1.82) is 0 Å². The molecule has 0 bridgehead atoms. The molecular weight excluding hydrogens is 465 g/mol. The van der Waals surface area contributed by atoms with Crippen LogP contribution in [0.2, 0.25) is 15.1 Å². The molecule has 10 heteroatoms. The summed E-state index contributed by atoms with van der Waals surface area (Å²) >= 11 is 18.0. The molecule has 1 heterocycles. The van der Waals surface area contributed by atoms with Crippen LogP contribution in [0, 0.1) is 0 Å². The number of anilines is 1. The number of rotatable bonds is 7. The first-order valence-corrected chi connectivity index (χ1v) is 10.5. The summed E-state index contributed by atoms with van der Waals surface area (Å²) in [7, 11) is 1.50. The number of hydrogen-bond donors (Lipinski definition) is 0. The zero-order valence-electron chi connectivity index (χ0n) is 16.7. The average molecular weight is 485 g/mol. The molecule has 1 aliphatic heterocycles. The second kappa shape index (κ2) is 10.3. The van der Waals surface area contributed by atoms with Crippen LogP contribution in [-0.4, -0.2) is 67.5 Å². The third-order valence-electron chi connectivity index (χ3n) is 4.77. The number of benzene rings is 2. The van der Waals surface area contributed by atoms with Crippen molar-refractivity contribution in [2.75, 3.05) is 44.9 Å². The lowest BCUT2D eigenvalue weighted by Crippen LogP contribution is -2.44. The Balaban J connectivity index is 1.72. The molecule has 0 aliphatic carbocycles. The summed E-state index contributed by atoms with van der Waals surface area (Å²) in [5.41, 5.74) is 0.875. The van der Waals surface area contributed by atoms with Crippen molar-refractivity contribution < 1.29 is 19.1 Å². The van der Waals surface area contributed by atoms with E-state index in [0.29, 0.717) is 15.7 Å². The van der Waals surface area contributed by atoms with Crippen molar-refractivity contribution >= 4 is 58.2 Å². The molecule has 31 heavy (non-hydrogen) atoms. The molecule has 2 aromatic carbocycles. The molecule has 0 atom stereocenters. The van der Waals surface area contributed by atoms with Gasteiger partial charge < -0.3 is 14.5 Å². The Hall–Kier alpha value is -2.32. The van der Waals surface area contributed by atoms with E-state index in [1.165, 1.54) is 33.9 Å². The Morgan fingerprint density at radius 3 is 2.39 bits per heavy atom. The second-order valence-electron chi connectivity index (χ2n) is 6.87. The smallest absolute Gasteiger partial charge is 0.255 e. The number of hydrogen-bond acceptors (Lipinski definition) is 4. The molecule has 164 valence electrons. The van der Waals surface area contributed by atoms with Crippen molar-refractivity contribution in [1.82, 2.24) is 9.80 Å². The fraction of sp³-hybridized carbons (Fsp3) is 0.286. The average Bonchev–Trinajstić information content (AvgIpc) is 3.13. The van der Waals surface area contributed by atoms with Crippen LogP contribution in [-0.2, 0) is 14.3 Å². The van der Waals surface area contributed by atoms with Gasteiger partial charge in [-0.2, -0.15) is 0 Å². The van der Waals surface area contributed by atoms with Crippen molar-refractivity contribution in [3.8, 4) is 0 Å². The topological polar surface area (TPSA) is 70.2 Å². The maximum atomic E-state index is 13.0. The summed E-state index contributed by atoms with van der Waals surface area (Å²) in [6.45, 7) is 0.217. The third kappa shape index (κ3) is 5.68. The lowest BCUT2D eigenvalue weighted by Gasteiger charge is -2.25. The van der Waals surface area contributed by atoms with E-state index in [-0.39, 0.29) is 55.3 Å². The molecule has 1 saturated heterocycles. The van der Waals surface area contributed by atoms with Crippen LogP contribution in [0.15, 0.2) is 42.5 Å². The highest BCUT2D eigenvalue weighted by atomic mass is 35.5. The molecule has 0 unspecified atom stereocenters. The minimum absolute atomic E-state index is 0.0739. The lowest BCUT2D eigenvalue weighted by atomic mass is 10.2. The van der Waals surface area contributed by atoms with Crippen LogP contribution in [0.25, 0.3) is 0 Å². The van der Waals surface area contributed by atoms with Gasteiger partial charge >= 0.3 is 0 Å². The predicted octanol–water partition coefficient (Wildman–Crippen LogP) is 3.57. The largest absolute Gasteiger partial charge is 0.383 e. The van der Waals surface area contributed by atoms with Gasteiger partial charge in [-0.3, -0.25) is 19.3 Å². The molecule has 7 nitrogen and oxygen atoms in total. The number of ether oxygens (including phenoxy) is 1. The van der Waals surface area contributed by atoms with Crippen LogP contribution >= 0.6 is 34.8 Å². The molecule has 0 radical (unpaired) electrons. The summed E-state index contributed by atoms with van der Waals surface area (Å²) in [6, 6.07) is 11.3. The van der Waals surface area contributed by atoms with Gasteiger partial charge in [0.1, 0.15) is 19.8 Å². The Labute approximate surface area is 195 Å². The van der Waals surface area contributed by atoms with Crippen molar-refractivity contribution in [2.45, 2.75) is 0 Å². The Morgan fingerprint density at radius 1 is 1.06 bits per heavy atom. The molecule has 1 fully saturated rings. The first-order chi connectivity index (χ1) is 14.8. The highest BCUT2D eigenvalue weighted by molar-refractivity contribution is 6.36. The second-order valence-corrected chi connectivity index (χ2v) is 8.16. The molecule has 2 aromatic rings. The van der Waals surface area contributed by atoms with Gasteiger partial charge in [-0.1, -0.05) is 34.8 Å². The van der Waals surface area contributed by atoms with E-state index in [0.717, 1.165) is 0 Å². The van der Waals surface area contributed by atoms with Gasteiger partial charge in [0.2, 0.25) is 11.8 Å². The molecule has 0 aromatic heterocycles. The fourth-order valence-electron chi connectivity index (χ4n) is 3.11. The summed E-state index contributed by atoms with van der Waals surface area (Å²) in [5.74, 6) is -1.00. The zero-order valence-corrected chi connectivity index (χ0v) is 19.0. The molecule has 0 spiro atoms. The molecule has 0 saturated carbocycles. The first-order valence-electron chi connectivity index (χ1n) is 9.37. The van der Waals surface area contributed by atoms with Gasteiger partial charge in [-0.25, -0.2) is 0 Å². The number of halogens is 3. The standard InChI is InChI=1S/C21H20Cl3N3O4/c1-31-9-8-25(21(30)17-7-4-15(23)10-18(17)24)11-19(28)26-12-20(29)27(13-26)16-5-2-14(22)3-6-16/h2-7,10H,8-9,11-13H2,1H3. The van der Waals surface area contributed by atoms with E-state index in [1.807, 2.05) is 0 Å².